The highest BCUT2D eigenvalue weighted by molar-refractivity contribution is 5.83. The predicted octanol–water partition coefficient (Wildman–Crippen LogP) is 3.57. The number of nitrogens with zero attached hydrogens (tertiary/aromatic N) is 2. The number of carbonyl (C=O) groups excluding carboxylic acids is 1. The number of rotatable bonds is 3. The van der Waals surface area contributed by atoms with Gasteiger partial charge in [-0.15, -0.1) is 0 Å². The molecule has 1 saturated heterocycles. The van der Waals surface area contributed by atoms with E-state index < -0.39 is 0 Å². The fraction of sp³-hybridized carbons (Fsp3) is 0.435. The molecular weight excluding hydrogens is 352 g/mol. The molecule has 0 aliphatic carbocycles. The lowest BCUT2D eigenvalue weighted by Gasteiger charge is -2.31. The molecule has 0 radical (unpaired) electrons. The summed E-state index contributed by atoms with van der Waals surface area (Å²) in [6.45, 7) is 4.64. The maximum Gasteiger partial charge on any atom is 0.242 e. The first-order valence-corrected chi connectivity index (χ1v) is 10.2. The van der Waals surface area contributed by atoms with Gasteiger partial charge >= 0.3 is 0 Å². The highest BCUT2D eigenvalue weighted by atomic mass is 16.6. The van der Waals surface area contributed by atoms with Crippen LogP contribution in [-0.2, 0) is 11.2 Å². The summed E-state index contributed by atoms with van der Waals surface area (Å²) in [7, 11) is 0. The van der Waals surface area contributed by atoms with Crippen LogP contribution in [-0.4, -0.2) is 43.2 Å². The van der Waals surface area contributed by atoms with Gasteiger partial charge in [0, 0.05) is 18.3 Å². The molecule has 3 aliphatic rings. The van der Waals surface area contributed by atoms with E-state index in [2.05, 4.69) is 53.1 Å². The second-order valence-electron chi connectivity index (χ2n) is 7.96. The zero-order chi connectivity index (χ0) is 19.1. The summed E-state index contributed by atoms with van der Waals surface area (Å²) in [5.41, 5.74) is 3.69. The Morgan fingerprint density at radius 2 is 1.93 bits per heavy atom. The van der Waals surface area contributed by atoms with Crippen LogP contribution in [0.1, 0.15) is 36.9 Å². The van der Waals surface area contributed by atoms with Crippen LogP contribution in [0, 0.1) is 0 Å². The molecule has 0 spiro atoms. The quantitative estimate of drug-likeness (QED) is 0.819. The van der Waals surface area contributed by atoms with Gasteiger partial charge in [0.25, 0.3) is 0 Å². The topological polar surface area (TPSA) is 42.0 Å². The van der Waals surface area contributed by atoms with Crippen LogP contribution in [0.2, 0.25) is 0 Å². The van der Waals surface area contributed by atoms with Crippen molar-refractivity contribution in [2.75, 3.05) is 31.2 Å². The van der Waals surface area contributed by atoms with Crippen LogP contribution in [0.15, 0.2) is 42.5 Å². The lowest BCUT2D eigenvalue weighted by atomic mass is 10.0. The van der Waals surface area contributed by atoms with Gasteiger partial charge in [0.1, 0.15) is 13.2 Å². The summed E-state index contributed by atoms with van der Waals surface area (Å²) in [6.07, 6.45) is 3.05. The average molecular weight is 378 g/mol. The summed E-state index contributed by atoms with van der Waals surface area (Å²) in [5, 5.41) is 0. The number of amides is 1. The number of ether oxygens (including phenoxy) is 2. The molecule has 5 rings (SSSR count). The molecule has 0 saturated carbocycles. The summed E-state index contributed by atoms with van der Waals surface area (Å²) < 4.78 is 11.4. The van der Waals surface area contributed by atoms with Crippen LogP contribution in [0.3, 0.4) is 0 Å². The molecule has 2 aromatic carbocycles. The first kappa shape index (κ1) is 17.4. The Labute approximate surface area is 165 Å². The number of anilines is 1. The van der Waals surface area contributed by atoms with Crippen molar-refractivity contribution < 1.29 is 14.3 Å². The lowest BCUT2D eigenvalue weighted by Crippen LogP contribution is -2.42. The summed E-state index contributed by atoms with van der Waals surface area (Å²) in [4.78, 5) is 17.6. The van der Waals surface area contributed by atoms with Gasteiger partial charge in [-0.05, 0) is 55.5 Å². The molecule has 5 nitrogen and oxygen atoms in total. The molecule has 0 aromatic heterocycles. The largest absolute Gasteiger partial charge is 0.486 e. The smallest absolute Gasteiger partial charge is 0.242 e. The Morgan fingerprint density at radius 1 is 1.11 bits per heavy atom. The predicted molar refractivity (Wildman–Crippen MR) is 108 cm³/mol. The summed E-state index contributed by atoms with van der Waals surface area (Å²) in [5.74, 6) is 1.81. The SMILES string of the molecule is CC1Cc2ccccc2N1CC(=O)N1CCCC1c1ccc2c(c1)OCCO2. The number of likely N-dealkylation sites (tertiary alicyclic amines) is 1. The van der Waals surface area contributed by atoms with E-state index in [0.29, 0.717) is 25.8 Å². The molecule has 2 atom stereocenters. The van der Waals surface area contributed by atoms with E-state index >= 15 is 0 Å². The molecule has 3 aliphatic heterocycles. The van der Waals surface area contributed by atoms with Gasteiger partial charge in [-0.2, -0.15) is 0 Å². The van der Waals surface area contributed by atoms with E-state index in [1.165, 1.54) is 11.3 Å². The van der Waals surface area contributed by atoms with Crippen LogP contribution in [0.5, 0.6) is 11.5 Å². The van der Waals surface area contributed by atoms with Crippen molar-refractivity contribution in [3.8, 4) is 11.5 Å². The number of fused-ring (bicyclic) bond motifs is 2. The van der Waals surface area contributed by atoms with E-state index in [4.69, 9.17) is 9.47 Å². The minimum atomic E-state index is 0.122. The number of para-hydroxylation sites is 1. The van der Waals surface area contributed by atoms with E-state index in [1.54, 1.807) is 0 Å². The van der Waals surface area contributed by atoms with Crippen LogP contribution in [0.4, 0.5) is 5.69 Å². The Bertz CT molecular complexity index is 897. The molecule has 28 heavy (non-hydrogen) atoms. The van der Waals surface area contributed by atoms with E-state index in [9.17, 15) is 4.79 Å². The molecular formula is C23H26N2O3. The standard InChI is InChI=1S/C23H26N2O3/c1-16-13-17-5-2-3-6-20(17)25(16)15-23(26)24-10-4-7-19(24)18-8-9-21-22(14-18)28-12-11-27-21/h2-3,5-6,8-9,14,16,19H,4,7,10-13,15H2,1H3. The molecule has 0 N–H and O–H groups in total. The Kier molecular flexibility index (Phi) is 4.38. The Balaban J connectivity index is 1.35. The molecule has 3 heterocycles. The molecule has 2 aromatic rings. The van der Waals surface area contributed by atoms with Gasteiger partial charge in [0.2, 0.25) is 5.91 Å². The van der Waals surface area contributed by atoms with Gasteiger partial charge in [-0.1, -0.05) is 24.3 Å². The van der Waals surface area contributed by atoms with Crippen molar-refractivity contribution in [3.63, 3.8) is 0 Å². The normalized spacial score (nSPS) is 23.0. The van der Waals surface area contributed by atoms with Crippen molar-refractivity contribution in [1.82, 2.24) is 4.90 Å². The van der Waals surface area contributed by atoms with E-state index in [-0.39, 0.29) is 11.9 Å². The first-order chi connectivity index (χ1) is 13.7. The molecule has 146 valence electrons. The van der Waals surface area contributed by atoms with Crippen molar-refractivity contribution in [2.24, 2.45) is 0 Å². The minimum absolute atomic E-state index is 0.122. The fourth-order valence-electron chi connectivity index (χ4n) is 4.79. The molecule has 0 bridgehead atoms. The van der Waals surface area contributed by atoms with E-state index in [1.807, 2.05) is 6.07 Å². The highest BCUT2D eigenvalue weighted by Gasteiger charge is 2.34. The summed E-state index contributed by atoms with van der Waals surface area (Å²) >= 11 is 0. The summed E-state index contributed by atoms with van der Waals surface area (Å²) in [6, 6.07) is 15.0. The van der Waals surface area contributed by atoms with Crippen LogP contribution in [0.25, 0.3) is 0 Å². The average Bonchev–Trinajstić information content (AvgIpc) is 3.33. The van der Waals surface area contributed by atoms with Crippen LogP contribution < -0.4 is 14.4 Å². The third-order valence-electron chi connectivity index (χ3n) is 6.18. The highest BCUT2D eigenvalue weighted by Crippen LogP contribution is 2.39. The zero-order valence-corrected chi connectivity index (χ0v) is 16.3. The van der Waals surface area contributed by atoms with Gasteiger partial charge in [-0.25, -0.2) is 0 Å². The van der Waals surface area contributed by atoms with Gasteiger partial charge in [0.15, 0.2) is 11.5 Å². The van der Waals surface area contributed by atoms with Crippen LogP contribution >= 0.6 is 0 Å². The number of hydrogen-bond donors (Lipinski definition) is 0. The zero-order valence-electron chi connectivity index (χ0n) is 16.3. The van der Waals surface area contributed by atoms with Crippen molar-refractivity contribution >= 4 is 11.6 Å². The lowest BCUT2D eigenvalue weighted by molar-refractivity contribution is -0.130. The maximum absolute atomic E-state index is 13.3. The molecule has 5 heteroatoms. The van der Waals surface area contributed by atoms with Crippen molar-refractivity contribution in [1.29, 1.82) is 0 Å². The molecule has 1 fully saturated rings. The third kappa shape index (κ3) is 2.99. The monoisotopic (exact) mass is 378 g/mol. The fourth-order valence-corrected chi connectivity index (χ4v) is 4.79. The Hall–Kier alpha value is -2.69. The first-order valence-electron chi connectivity index (χ1n) is 10.2. The van der Waals surface area contributed by atoms with Gasteiger partial charge in [0.05, 0.1) is 12.6 Å². The van der Waals surface area contributed by atoms with Crippen molar-refractivity contribution in [2.45, 2.75) is 38.3 Å². The number of carbonyl (C=O) groups is 1. The van der Waals surface area contributed by atoms with Gasteiger partial charge < -0.3 is 19.3 Å². The van der Waals surface area contributed by atoms with Gasteiger partial charge in [-0.3, -0.25) is 4.79 Å². The Morgan fingerprint density at radius 3 is 2.82 bits per heavy atom. The number of benzene rings is 2. The molecule has 1 amide bonds. The second-order valence-corrected chi connectivity index (χ2v) is 7.96. The molecule has 2 unspecified atom stereocenters. The van der Waals surface area contributed by atoms with Crippen molar-refractivity contribution in [3.05, 3.63) is 53.6 Å². The number of hydrogen-bond acceptors (Lipinski definition) is 4. The van der Waals surface area contributed by atoms with E-state index in [0.717, 1.165) is 42.9 Å². The third-order valence-corrected chi connectivity index (χ3v) is 6.18. The maximum atomic E-state index is 13.3. The minimum Gasteiger partial charge on any atom is -0.486 e. The second kappa shape index (κ2) is 7.04.